The highest BCUT2D eigenvalue weighted by Crippen LogP contribution is 2.44. The van der Waals surface area contributed by atoms with Crippen molar-refractivity contribution in [3.8, 4) is 0 Å². The van der Waals surface area contributed by atoms with Crippen LogP contribution >= 0.6 is 0 Å². The van der Waals surface area contributed by atoms with Crippen LogP contribution in [-0.4, -0.2) is 40.5 Å². The number of fused-ring (bicyclic) bond motifs is 1. The van der Waals surface area contributed by atoms with Gasteiger partial charge in [-0.1, -0.05) is 12.1 Å². The van der Waals surface area contributed by atoms with Gasteiger partial charge < -0.3 is 14.8 Å². The fourth-order valence-corrected chi connectivity index (χ4v) is 4.84. The van der Waals surface area contributed by atoms with Gasteiger partial charge >= 0.3 is 0 Å². The van der Waals surface area contributed by atoms with Crippen molar-refractivity contribution in [2.75, 3.05) is 18.0 Å². The first-order valence-electron chi connectivity index (χ1n) is 9.39. The van der Waals surface area contributed by atoms with Crippen LogP contribution in [0.15, 0.2) is 47.3 Å². The van der Waals surface area contributed by atoms with E-state index in [4.69, 9.17) is 0 Å². The number of carbonyl (C=O) groups excluding carboxylic acids is 1. The lowest BCUT2D eigenvalue weighted by atomic mass is 9.89. The zero-order valence-electron chi connectivity index (χ0n) is 15.6. The Labute approximate surface area is 157 Å². The van der Waals surface area contributed by atoms with Crippen molar-refractivity contribution in [2.24, 2.45) is 5.92 Å². The van der Waals surface area contributed by atoms with Gasteiger partial charge in [-0.25, -0.2) is 4.39 Å². The molecule has 2 atom stereocenters. The van der Waals surface area contributed by atoms with Crippen molar-refractivity contribution in [3.05, 3.63) is 64.3 Å². The van der Waals surface area contributed by atoms with Crippen LogP contribution in [0, 0.1) is 11.7 Å². The maximum Gasteiger partial charge on any atom is 0.270 e. The van der Waals surface area contributed by atoms with Crippen LogP contribution in [-0.2, 0) is 0 Å². The maximum absolute atomic E-state index is 13.8. The number of amides is 1. The van der Waals surface area contributed by atoms with E-state index in [0.717, 1.165) is 18.5 Å². The molecule has 5 nitrogen and oxygen atoms in total. The van der Waals surface area contributed by atoms with E-state index in [1.54, 1.807) is 24.3 Å². The Morgan fingerprint density at radius 2 is 2.00 bits per heavy atom. The second kappa shape index (κ2) is 6.51. The Hall–Kier alpha value is -2.63. The summed E-state index contributed by atoms with van der Waals surface area (Å²) < 4.78 is 13.8. The number of rotatable bonds is 2. The summed E-state index contributed by atoms with van der Waals surface area (Å²) in [5.74, 6) is -0.0445. The molecule has 3 heterocycles. The number of nitrogens with zero attached hydrogens (tertiary/aromatic N) is 2. The van der Waals surface area contributed by atoms with Gasteiger partial charge in [-0.2, -0.15) is 0 Å². The van der Waals surface area contributed by atoms with E-state index < -0.39 is 0 Å². The number of piperidine rings is 1. The predicted octanol–water partition coefficient (Wildman–Crippen LogP) is 3.03. The Morgan fingerprint density at radius 3 is 2.74 bits per heavy atom. The molecular formula is C21H24FN3O2. The molecule has 0 saturated carbocycles. The van der Waals surface area contributed by atoms with E-state index in [2.05, 4.69) is 23.7 Å². The molecule has 0 bridgehead atoms. The van der Waals surface area contributed by atoms with E-state index in [-0.39, 0.29) is 28.9 Å². The number of likely N-dealkylation sites (tertiary alicyclic amines) is 1. The van der Waals surface area contributed by atoms with Crippen LogP contribution in [0.5, 0.6) is 0 Å². The highest BCUT2D eigenvalue weighted by Gasteiger charge is 2.48. The molecule has 2 aromatic rings. The number of H-pyrrole nitrogens is 1. The number of halogens is 1. The van der Waals surface area contributed by atoms with Crippen LogP contribution < -0.4 is 10.5 Å². The van der Waals surface area contributed by atoms with Gasteiger partial charge in [0, 0.05) is 36.4 Å². The first-order valence-corrected chi connectivity index (χ1v) is 9.39. The minimum atomic E-state index is -0.269. The zero-order chi connectivity index (χ0) is 19.2. The van der Waals surface area contributed by atoms with E-state index >= 15 is 0 Å². The van der Waals surface area contributed by atoms with Crippen LogP contribution in [0.3, 0.4) is 0 Å². The Morgan fingerprint density at radius 1 is 1.22 bits per heavy atom. The molecule has 142 valence electrons. The third-order valence-corrected chi connectivity index (χ3v) is 5.81. The topological polar surface area (TPSA) is 56.4 Å². The summed E-state index contributed by atoms with van der Waals surface area (Å²) in [5.41, 5.74) is 0.860. The first-order chi connectivity index (χ1) is 12.8. The molecule has 27 heavy (non-hydrogen) atoms. The standard InChI is InChI=1S/C21H24FN3O2/c1-21(2)12-14-13-24(20(27)17-7-4-8-19(26)23-17)10-9-18(14)25(21)16-6-3-5-15(22)11-16/h3-8,11,14,18H,9-10,12-13H2,1-2H3,(H,23,26)/t14-,18+/m1/s1. The highest BCUT2D eigenvalue weighted by atomic mass is 19.1. The lowest BCUT2D eigenvalue weighted by molar-refractivity contribution is 0.0661. The summed E-state index contributed by atoms with van der Waals surface area (Å²) in [6.07, 6.45) is 1.76. The average molecular weight is 369 g/mol. The van der Waals surface area contributed by atoms with Crippen LogP contribution in [0.1, 0.15) is 37.2 Å². The third-order valence-electron chi connectivity index (χ3n) is 5.81. The van der Waals surface area contributed by atoms with Crippen molar-refractivity contribution >= 4 is 11.6 Å². The fourth-order valence-electron chi connectivity index (χ4n) is 4.84. The van der Waals surface area contributed by atoms with Gasteiger partial charge in [0.05, 0.1) is 0 Å². The number of hydrogen-bond acceptors (Lipinski definition) is 3. The normalized spacial score (nSPS) is 24.0. The number of anilines is 1. The largest absolute Gasteiger partial charge is 0.363 e. The second-order valence-electron chi connectivity index (χ2n) is 8.16. The number of benzene rings is 1. The van der Waals surface area contributed by atoms with Crippen LogP contribution in [0.2, 0.25) is 0 Å². The van der Waals surface area contributed by atoms with Crippen molar-refractivity contribution in [1.82, 2.24) is 9.88 Å². The number of nitrogens with one attached hydrogen (secondary N) is 1. The first kappa shape index (κ1) is 17.8. The molecule has 2 saturated heterocycles. The van der Waals surface area contributed by atoms with Crippen LogP contribution in [0.25, 0.3) is 0 Å². The van der Waals surface area contributed by atoms with Crippen molar-refractivity contribution in [1.29, 1.82) is 0 Å². The molecule has 1 aromatic carbocycles. The zero-order valence-corrected chi connectivity index (χ0v) is 15.6. The SMILES string of the molecule is CC1(C)C[C@@H]2CN(C(=O)c3cccc(=O)[nH]3)CC[C@@H]2N1c1cccc(F)c1. The maximum atomic E-state index is 13.8. The minimum Gasteiger partial charge on any atom is -0.363 e. The fraction of sp³-hybridized carbons (Fsp3) is 0.429. The molecule has 0 spiro atoms. The number of carbonyl (C=O) groups is 1. The lowest BCUT2D eigenvalue weighted by Gasteiger charge is -2.41. The quantitative estimate of drug-likeness (QED) is 0.885. The molecule has 2 aliphatic rings. The smallest absolute Gasteiger partial charge is 0.270 e. The summed E-state index contributed by atoms with van der Waals surface area (Å²) in [7, 11) is 0. The van der Waals surface area contributed by atoms with Crippen molar-refractivity contribution in [2.45, 2.75) is 38.3 Å². The van der Waals surface area contributed by atoms with Crippen molar-refractivity contribution in [3.63, 3.8) is 0 Å². The summed E-state index contributed by atoms with van der Waals surface area (Å²) in [6.45, 7) is 5.63. The highest BCUT2D eigenvalue weighted by molar-refractivity contribution is 5.92. The van der Waals surface area contributed by atoms with Crippen molar-refractivity contribution < 1.29 is 9.18 Å². The van der Waals surface area contributed by atoms with Gasteiger partial charge in [0.2, 0.25) is 5.56 Å². The molecule has 4 rings (SSSR count). The molecule has 1 N–H and O–H groups in total. The van der Waals surface area contributed by atoms with E-state index in [0.29, 0.717) is 24.7 Å². The molecule has 0 aliphatic carbocycles. The molecule has 2 fully saturated rings. The summed E-state index contributed by atoms with van der Waals surface area (Å²) in [5, 5.41) is 0. The second-order valence-corrected chi connectivity index (χ2v) is 8.16. The summed E-state index contributed by atoms with van der Waals surface area (Å²) >= 11 is 0. The van der Waals surface area contributed by atoms with Gasteiger partial charge in [-0.15, -0.1) is 0 Å². The minimum absolute atomic E-state index is 0.108. The summed E-state index contributed by atoms with van der Waals surface area (Å²) in [6, 6.07) is 11.7. The van der Waals surface area contributed by atoms with Gasteiger partial charge in [0.15, 0.2) is 0 Å². The Kier molecular flexibility index (Phi) is 4.29. The van der Waals surface area contributed by atoms with E-state index in [9.17, 15) is 14.0 Å². The third kappa shape index (κ3) is 3.24. The molecule has 1 amide bonds. The molecule has 0 unspecified atom stereocenters. The van der Waals surface area contributed by atoms with Gasteiger partial charge in [0.1, 0.15) is 11.5 Å². The van der Waals surface area contributed by atoms with Gasteiger partial charge in [-0.05, 0) is 56.9 Å². The predicted molar refractivity (Wildman–Crippen MR) is 102 cm³/mol. The Balaban J connectivity index is 1.56. The van der Waals surface area contributed by atoms with Crippen LogP contribution in [0.4, 0.5) is 10.1 Å². The molecule has 6 heteroatoms. The Bertz CT molecular complexity index is 923. The van der Waals surface area contributed by atoms with E-state index in [1.807, 2.05) is 11.0 Å². The molecular weight excluding hydrogens is 345 g/mol. The number of aromatic nitrogens is 1. The monoisotopic (exact) mass is 369 g/mol. The number of aromatic amines is 1. The van der Waals surface area contributed by atoms with Gasteiger partial charge in [-0.3, -0.25) is 9.59 Å². The van der Waals surface area contributed by atoms with E-state index in [1.165, 1.54) is 12.1 Å². The number of pyridine rings is 1. The molecule has 1 aromatic heterocycles. The summed E-state index contributed by atoms with van der Waals surface area (Å²) in [4.78, 5) is 31.1. The molecule has 0 radical (unpaired) electrons. The van der Waals surface area contributed by atoms with Gasteiger partial charge in [0.25, 0.3) is 5.91 Å². The number of hydrogen-bond donors (Lipinski definition) is 1. The molecule has 2 aliphatic heterocycles. The average Bonchev–Trinajstić information content (AvgIpc) is 2.89. The lowest BCUT2D eigenvalue weighted by Crippen LogP contribution is -2.50.